The summed E-state index contributed by atoms with van der Waals surface area (Å²) in [7, 11) is 0. The third-order valence-electron chi connectivity index (χ3n) is 4.12. The molecule has 6 heteroatoms. The van der Waals surface area contributed by atoms with Gasteiger partial charge in [-0.2, -0.15) is 0 Å². The van der Waals surface area contributed by atoms with Crippen molar-refractivity contribution >= 4 is 11.8 Å². The van der Waals surface area contributed by atoms with Gasteiger partial charge in [0.15, 0.2) is 6.10 Å². The Hall–Kier alpha value is -2.08. The predicted molar refractivity (Wildman–Crippen MR) is 90.8 cm³/mol. The Morgan fingerprint density at radius 3 is 2.88 bits per heavy atom. The van der Waals surface area contributed by atoms with E-state index in [1.807, 2.05) is 26.0 Å². The molecule has 0 spiro atoms. The molecule has 0 aliphatic carbocycles. The average molecular weight is 334 g/mol. The second kappa shape index (κ2) is 8.68. The Morgan fingerprint density at radius 2 is 2.12 bits per heavy atom. The lowest BCUT2D eigenvalue weighted by atomic mass is 10.1. The topological polar surface area (TPSA) is 81.9 Å². The van der Waals surface area contributed by atoms with E-state index in [0.29, 0.717) is 26.2 Å². The summed E-state index contributed by atoms with van der Waals surface area (Å²) in [5, 5.41) is 0. The van der Waals surface area contributed by atoms with Crippen LogP contribution in [0.3, 0.4) is 0 Å². The van der Waals surface area contributed by atoms with E-state index in [-0.39, 0.29) is 12.5 Å². The number of amides is 2. The van der Waals surface area contributed by atoms with Crippen LogP contribution in [0.2, 0.25) is 0 Å². The maximum absolute atomic E-state index is 12.2. The van der Waals surface area contributed by atoms with Crippen LogP contribution in [-0.4, -0.2) is 49.1 Å². The zero-order chi connectivity index (χ0) is 17.5. The first-order chi connectivity index (χ1) is 11.5. The van der Waals surface area contributed by atoms with E-state index in [1.165, 1.54) is 5.56 Å². The molecule has 1 unspecified atom stereocenters. The number of carbonyl (C=O) groups excluding carboxylic acids is 2. The van der Waals surface area contributed by atoms with Gasteiger partial charge < -0.3 is 20.1 Å². The number of carbonyl (C=O) groups is 2. The molecule has 0 bridgehead atoms. The van der Waals surface area contributed by atoms with E-state index in [4.69, 9.17) is 15.2 Å². The SMILES string of the molecule is Cc1ccc(C)c(OCCCCC(=O)N2CCOC(C(N)=O)C2)c1. The molecule has 24 heavy (non-hydrogen) atoms. The lowest BCUT2D eigenvalue weighted by molar-refractivity contribution is -0.145. The number of benzene rings is 1. The molecule has 1 fully saturated rings. The summed E-state index contributed by atoms with van der Waals surface area (Å²) >= 11 is 0. The second-order valence-corrected chi connectivity index (χ2v) is 6.18. The molecule has 6 nitrogen and oxygen atoms in total. The summed E-state index contributed by atoms with van der Waals surface area (Å²) in [5.41, 5.74) is 7.51. The summed E-state index contributed by atoms with van der Waals surface area (Å²) in [5.74, 6) is 0.421. The number of ether oxygens (including phenoxy) is 2. The lowest BCUT2D eigenvalue weighted by Gasteiger charge is -2.31. The highest BCUT2D eigenvalue weighted by molar-refractivity contribution is 5.81. The van der Waals surface area contributed by atoms with Gasteiger partial charge >= 0.3 is 0 Å². The number of primary amides is 1. The van der Waals surface area contributed by atoms with Crippen LogP contribution in [0.25, 0.3) is 0 Å². The van der Waals surface area contributed by atoms with Crippen molar-refractivity contribution in [3.05, 3.63) is 29.3 Å². The van der Waals surface area contributed by atoms with E-state index in [9.17, 15) is 9.59 Å². The number of unbranched alkanes of at least 4 members (excludes halogenated alkanes) is 1. The van der Waals surface area contributed by atoms with Crippen LogP contribution in [0.1, 0.15) is 30.4 Å². The summed E-state index contributed by atoms with van der Waals surface area (Å²) in [6, 6.07) is 6.13. The number of hydrogen-bond acceptors (Lipinski definition) is 4. The van der Waals surface area contributed by atoms with Crippen molar-refractivity contribution in [3.63, 3.8) is 0 Å². The fraction of sp³-hybridized carbons (Fsp3) is 0.556. The zero-order valence-electron chi connectivity index (χ0n) is 14.4. The molecule has 1 heterocycles. The van der Waals surface area contributed by atoms with Crippen molar-refractivity contribution in [3.8, 4) is 5.75 Å². The second-order valence-electron chi connectivity index (χ2n) is 6.18. The van der Waals surface area contributed by atoms with Gasteiger partial charge in [-0.3, -0.25) is 9.59 Å². The lowest BCUT2D eigenvalue weighted by Crippen LogP contribution is -2.50. The minimum atomic E-state index is -0.685. The molecule has 1 aliphatic rings. The Labute approximate surface area is 142 Å². The van der Waals surface area contributed by atoms with Gasteiger partial charge in [0, 0.05) is 13.0 Å². The third-order valence-corrected chi connectivity index (χ3v) is 4.12. The maximum Gasteiger partial charge on any atom is 0.248 e. The number of nitrogens with zero attached hydrogens (tertiary/aromatic N) is 1. The van der Waals surface area contributed by atoms with Crippen LogP contribution < -0.4 is 10.5 Å². The van der Waals surface area contributed by atoms with Crippen LogP contribution >= 0.6 is 0 Å². The Kier molecular flexibility index (Phi) is 6.61. The van der Waals surface area contributed by atoms with Crippen molar-refractivity contribution in [1.29, 1.82) is 0 Å². The monoisotopic (exact) mass is 334 g/mol. The summed E-state index contributed by atoms with van der Waals surface area (Å²) in [4.78, 5) is 25.0. The molecule has 1 aromatic carbocycles. The van der Waals surface area contributed by atoms with Crippen LogP contribution in [0, 0.1) is 13.8 Å². The maximum atomic E-state index is 12.2. The zero-order valence-corrected chi connectivity index (χ0v) is 14.4. The molecular formula is C18H26N2O4. The largest absolute Gasteiger partial charge is 0.493 e. The van der Waals surface area contributed by atoms with E-state index in [0.717, 1.165) is 24.2 Å². The number of rotatable bonds is 7. The smallest absolute Gasteiger partial charge is 0.248 e. The average Bonchev–Trinajstić information content (AvgIpc) is 2.57. The summed E-state index contributed by atoms with van der Waals surface area (Å²) in [6.07, 6.45) is 1.32. The number of nitrogens with two attached hydrogens (primary N) is 1. The van der Waals surface area contributed by atoms with Crippen molar-refractivity contribution < 1.29 is 19.1 Å². The molecular weight excluding hydrogens is 308 g/mol. The highest BCUT2D eigenvalue weighted by atomic mass is 16.5. The third kappa shape index (κ3) is 5.23. The van der Waals surface area contributed by atoms with Crippen molar-refractivity contribution in [2.75, 3.05) is 26.3 Å². The Morgan fingerprint density at radius 1 is 1.33 bits per heavy atom. The summed E-state index contributed by atoms with van der Waals surface area (Å²) in [6.45, 7) is 5.77. The quantitative estimate of drug-likeness (QED) is 0.767. The Balaban J connectivity index is 1.67. The van der Waals surface area contributed by atoms with E-state index in [2.05, 4.69) is 6.07 Å². The molecule has 1 aromatic rings. The van der Waals surface area contributed by atoms with Gasteiger partial charge in [0.1, 0.15) is 5.75 Å². The van der Waals surface area contributed by atoms with Gasteiger partial charge in [0.05, 0.1) is 19.8 Å². The van der Waals surface area contributed by atoms with Crippen molar-refractivity contribution in [1.82, 2.24) is 4.90 Å². The first kappa shape index (κ1) is 18.3. The van der Waals surface area contributed by atoms with Crippen LogP contribution in [-0.2, 0) is 14.3 Å². The fourth-order valence-corrected chi connectivity index (χ4v) is 2.63. The normalized spacial score (nSPS) is 17.6. The Bertz CT molecular complexity index is 588. The van der Waals surface area contributed by atoms with Gasteiger partial charge in [-0.25, -0.2) is 0 Å². The highest BCUT2D eigenvalue weighted by Crippen LogP contribution is 2.19. The number of hydrogen-bond donors (Lipinski definition) is 1. The van der Waals surface area contributed by atoms with Crippen LogP contribution in [0.4, 0.5) is 0 Å². The van der Waals surface area contributed by atoms with Crippen molar-refractivity contribution in [2.45, 2.75) is 39.2 Å². The van der Waals surface area contributed by atoms with Crippen LogP contribution in [0.5, 0.6) is 5.75 Å². The minimum Gasteiger partial charge on any atom is -0.493 e. The van der Waals surface area contributed by atoms with E-state index in [1.54, 1.807) is 4.90 Å². The molecule has 0 radical (unpaired) electrons. The highest BCUT2D eigenvalue weighted by Gasteiger charge is 2.27. The molecule has 0 saturated carbocycles. The van der Waals surface area contributed by atoms with Crippen molar-refractivity contribution in [2.24, 2.45) is 5.73 Å². The molecule has 0 aromatic heterocycles. The minimum absolute atomic E-state index is 0.0382. The van der Waals surface area contributed by atoms with E-state index >= 15 is 0 Å². The van der Waals surface area contributed by atoms with Gasteiger partial charge in [-0.1, -0.05) is 12.1 Å². The molecule has 1 aliphatic heterocycles. The summed E-state index contributed by atoms with van der Waals surface area (Å²) < 4.78 is 11.0. The van der Waals surface area contributed by atoms with Crippen LogP contribution in [0.15, 0.2) is 18.2 Å². The molecule has 1 atom stereocenters. The van der Waals surface area contributed by atoms with Gasteiger partial charge in [0.25, 0.3) is 0 Å². The number of aryl methyl sites for hydroxylation is 2. The first-order valence-electron chi connectivity index (χ1n) is 8.36. The van der Waals surface area contributed by atoms with Gasteiger partial charge in [-0.15, -0.1) is 0 Å². The fourth-order valence-electron chi connectivity index (χ4n) is 2.63. The first-order valence-corrected chi connectivity index (χ1v) is 8.36. The molecule has 2 N–H and O–H groups in total. The van der Waals surface area contributed by atoms with Gasteiger partial charge in [-0.05, 0) is 43.9 Å². The predicted octanol–water partition coefficient (Wildman–Crippen LogP) is 1.57. The molecule has 132 valence electrons. The standard InChI is InChI=1S/C18H26N2O4/c1-13-6-7-14(2)15(11-13)23-9-4-3-5-17(21)20-8-10-24-16(12-20)18(19)22/h6-7,11,16H,3-5,8-10,12H2,1-2H3,(H2,19,22). The molecule has 2 rings (SSSR count). The van der Waals surface area contributed by atoms with E-state index < -0.39 is 12.0 Å². The van der Waals surface area contributed by atoms with Gasteiger partial charge in [0.2, 0.25) is 11.8 Å². The molecule has 2 amide bonds. The number of morpholine rings is 1. The molecule has 1 saturated heterocycles.